The SMILES string of the molecule is O=C(NCc1cccnc1)c1ccc2[nH]c(=O)c3cnc(CC4CCCCC4)n3c2c1. The van der Waals surface area contributed by atoms with E-state index in [2.05, 4.69) is 20.3 Å². The van der Waals surface area contributed by atoms with Crippen LogP contribution < -0.4 is 10.9 Å². The molecule has 2 N–H and O–H groups in total. The van der Waals surface area contributed by atoms with Gasteiger partial charge in [0.25, 0.3) is 11.5 Å². The summed E-state index contributed by atoms with van der Waals surface area (Å²) >= 11 is 0. The van der Waals surface area contributed by atoms with E-state index in [1.807, 2.05) is 22.6 Å². The Morgan fingerprint density at radius 2 is 2.00 bits per heavy atom. The van der Waals surface area contributed by atoms with E-state index >= 15 is 0 Å². The molecule has 4 aromatic rings. The molecule has 0 bridgehead atoms. The molecule has 1 aliphatic rings. The summed E-state index contributed by atoms with van der Waals surface area (Å²) in [6, 6.07) is 9.13. The molecule has 7 nitrogen and oxygen atoms in total. The molecule has 31 heavy (non-hydrogen) atoms. The fourth-order valence-electron chi connectivity index (χ4n) is 4.55. The molecule has 7 heteroatoms. The Kier molecular flexibility index (Phi) is 5.24. The fourth-order valence-corrected chi connectivity index (χ4v) is 4.55. The molecule has 3 aromatic heterocycles. The van der Waals surface area contributed by atoms with Gasteiger partial charge in [0.1, 0.15) is 11.3 Å². The number of hydrogen-bond donors (Lipinski definition) is 2. The van der Waals surface area contributed by atoms with Crippen molar-refractivity contribution in [3.05, 3.63) is 76.2 Å². The summed E-state index contributed by atoms with van der Waals surface area (Å²) in [5.74, 6) is 1.32. The molecule has 0 spiro atoms. The van der Waals surface area contributed by atoms with Crippen LogP contribution in [0.1, 0.15) is 53.8 Å². The Bertz CT molecular complexity index is 1290. The molecule has 158 valence electrons. The lowest BCUT2D eigenvalue weighted by Crippen LogP contribution is -2.23. The van der Waals surface area contributed by atoms with E-state index in [-0.39, 0.29) is 11.5 Å². The van der Waals surface area contributed by atoms with Crippen molar-refractivity contribution in [2.75, 3.05) is 0 Å². The van der Waals surface area contributed by atoms with Crippen molar-refractivity contribution in [2.45, 2.75) is 45.1 Å². The molecule has 1 saturated carbocycles. The third-order valence-electron chi connectivity index (χ3n) is 6.19. The number of benzene rings is 1. The lowest BCUT2D eigenvalue weighted by molar-refractivity contribution is 0.0951. The van der Waals surface area contributed by atoms with Gasteiger partial charge in [0, 0.05) is 30.9 Å². The second-order valence-corrected chi connectivity index (χ2v) is 8.33. The van der Waals surface area contributed by atoms with Crippen molar-refractivity contribution >= 4 is 22.5 Å². The number of carbonyl (C=O) groups excluding carboxylic acids is 1. The molecule has 0 saturated heterocycles. The number of amides is 1. The number of nitrogens with zero attached hydrogens (tertiary/aromatic N) is 3. The van der Waals surface area contributed by atoms with Gasteiger partial charge in [-0.05, 0) is 35.7 Å². The summed E-state index contributed by atoms with van der Waals surface area (Å²) in [5, 5.41) is 2.94. The maximum absolute atomic E-state index is 12.8. The minimum atomic E-state index is -0.168. The summed E-state index contributed by atoms with van der Waals surface area (Å²) in [6.45, 7) is 0.406. The van der Waals surface area contributed by atoms with E-state index in [4.69, 9.17) is 0 Å². The highest BCUT2D eigenvalue weighted by molar-refractivity contribution is 5.97. The van der Waals surface area contributed by atoms with Gasteiger partial charge < -0.3 is 10.3 Å². The number of aromatic amines is 1. The maximum atomic E-state index is 12.8. The van der Waals surface area contributed by atoms with Gasteiger partial charge in [-0.3, -0.25) is 19.0 Å². The Labute approximate surface area is 179 Å². The largest absolute Gasteiger partial charge is 0.348 e. The first-order valence-corrected chi connectivity index (χ1v) is 10.9. The molecule has 1 aromatic carbocycles. The average molecular weight is 415 g/mol. The predicted molar refractivity (Wildman–Crippen MR) is 119 cm³/mol. The van der Waals surface area contributed by atoms with Crippen LogP contribution in [0.4, 0.5) is 0 Å². The van der Waals surface area contributed by atoms with Gasteiger partial charge in [-0.25, -0.2) is 4.98 Å². The molecule has 1 amide bonds. The minimum absolute atomic E-state index is 0.163. The predicted octanol–water partition coefficient (Wildman–Crippen LogP) is 3.62. The number of nitrogens with one attached hydrogen (secondary N) is 2. The Morgan fingerprint density at radius 1 is 1.13 bits per heavy atom. The molecular weight excluding hydrogens is 390 g/mol. The first kappa shape index (κ1) is 19.5. The van der Waals surface area contributed by atoms with Gasteiger partial charge in [-0.2, -0.15) is 0 Å². The van der Waals surface area contributed by atoms with Crippen LogP contribution in [0.2, 0.25) is 0 Å². The third-order valence-corrected chi connectivity index (χ3v) is 6.19. The standard InChI is InChI=1S/C24H25N5O2/c30-23(27-14-17-7-4-10-25-13-17)18-8-9-19-20(12-18)29-21(24(31)28-19)15-26-22(29)11-16-5-2-1-3-6-16/h4,7-10,12-13,15-16H,1-3,5-6,11,14H2,(H,27,30)(H,28,31). The van der Waals surface area contributed by atoms with Crippen molar-refractivity contribution in [3.63, 3.8) is 0 Å². The van der Waals surface area contributed by atoms with Gasteiger partial charge in [0.15, 0.2) is 0 Å². The van der Waals surface area contributed by atoms with E-state index in [1.165, 1.54) is 32.1 Å². The fraction of sp³-hybridized carbons (Fsp3) is 0.333. The van der Waals surface area contributed by atoms with Crippen molar-refractivity contribution < 1.29 is 4.79 Å². The third kappa shape index (κ3) is 3.95. The summed E-state index contributed by atoms with van der Waals surface area (Å²) in [6.07, 6.45) is 12.2. The Balaban J connectivity index is 1.49. The van der Waals surface area contributed by atoms with E-state index in [1.54, 1.807) is 30.7 Å². The zero-order valence-corrected chi connectivity index (χ0v) is 17.3. The zero-order valence-electron chi connectivity index (χ0n) is 17.3. The van der Waals surface area contributed by atoms with Crippen LogP contribution in [0, 0.1) is 5.92 Å². The van der Waals surface area contributed by atoms with Crippen molar-refractivity contribution in [1.29, 1.82) is 0 Å². The van der Waals surface area contributed by atoms with Gasteiger partial charge in [0.2, 0.25) is 0 Å². The molecule has 0 radical (unpaired) electrons. The first-order chi connectivity index (χ1) is 15.2. The highest BCUT2D eigenvalue weighted by atomic mass is 16.1. The lowest BCUT2D eigenvalue weighted by Gasteiger charge is -2.21. The molecule has 3 heterocycles. The molecule has 0 aliphatic heterocycles. The van der Waals surface area contributed by atoms with Crippen LogP contribution in [-0.2, 0) is 13.0 Å². The molecule has 1 aliphatic carbocycles. The number of rotatable bonds is 5. The second kappa shape index (κ2) is 8.34. The van der Waals surface area contributed by atoms with Gasteiger partial charge >= 0.3 is 0 Å². The summed E-state index contributed by atoms with van der Waals surface area (Å²) < 4.78 is 1.93. The van der Waals surface area contributed by atoms with Crippen LogP contribution in [0.25, 0.3) is 16.6 Å². The normalized spacial score (nSPS) is 14.8. The van der Waals surface area contributed by atoms with Crippen LogP contribution in [0.15, 0.2) is 53.7 Å². The number of fused-ring (bicyclic) bond motifs is 3. The Hall–Kier alpha value is -3.48. The number of pyridine rings is 1. The highest BCUT2D eigenvalue weighted by Gasteiger charge is 2.19. The maximum Gasteiger partial charge on any atom is 0.274 e. The van der Waals surface area contributed by atoms with Crippen LogP contribution >= 0.6 is 0 Å². The molecule has 0 atom stereocenters. The van der Waals surface area contributed by atoms with E-state index in [9.17, 15) is 9.59 Å². The van der Waals surface area contributed by atoms with Crippen molar-refractivity contribution in [1.82, 2.24) is 24.7 Å². The number of hydrogen-bond acceptors (Lipinski definition) is 4. The second-order valence-electron chi connectivity index (χ2n) is 8.33. The van der Waals surface area contributed by atoms with E-state index < -0.39 is 0 Å². The first-order valence-electron chi connectivity index (χ1n) is 10.9. The molecule has 5 rings (SSSR count). The van der Waals surface area contributed by atoms with Crippen molar-refractivity contribution in [2.24, 2.45) is 5.92 Å². The number of aromatic nitrogens is 4. The van der Waals surface area contributed by atoms with Crippen molar-refractivity contribution in [3.8, 4) is 0 Å². The molecule has 0 unspecified atom stereocenters. The monoisotopic (exact) mass is 415 g/mol. The smallest absolute Gasteiger partial charge is 0.274 e. The lowest BCUT2D eigenvalue weighted by atomic mass is 9.87. The number of carbonyl (C=O) groups is 1. The van der Waals surface area contributed by atoms with Crippen LogP contribution in [0.3, 0.4) is 0 Å². The van der Waals surface area contributed by atoms with Gasteiger partial charge in [-0.15, -0.1) is 0 Å². The topological polar surface area (TPSA) is 92.1 Å². The Morgan fingerprint density at radius 3 is 2.81 bits per heavy atom. The summed E-state index contributed by atoms with van der Waals surface area (Å²) in [5.41, 5.74) is 3.33. The van der Waals surface area contributed by atoms with Crippen LogP contribution in [-0.4, -0.2) is 25.3 Å². The van der Waals surface area contributed by atoms with E-state index in [0.717, 1.165) is 23.3 Å². The number of H-pyrrole nitrogens is 1. The van der Waals surface area contributed by atoms with E-state index in [0.29, 0.717) is 29.1 Å². The average Bonchev–Trinajstić information content (AvgIpc) is 3.23. The highest BCUT2D eigenvalue weighted by Crippen LogP contribution is 2.27. The quantitative estimate of drug-likeness (QED) is 0.521. The number of imidazole rings is 1. The minimum Gasteiger partial charge on any atom is -0.348 e. The van der Waals surface area contributed by atoms with Crippen LogP contribution in [0.5, 0.6) is 0 Å². The van der Waals surface area contributed by atoms with Gasteiger partial charge in [0.05, 0.1) is 17.2 Å². The van der Waals surface area contributed by atoms with Gasteiger partial charge in [-0.1, -0.05) is 38.2 Å². The zero-order chi connectivity index (χ0) is 21.2. The summed E-state index contributed by atoms with van der Waals surface area (Å²) in [4.78, 5) is 36.9. The molecule has 1 fully saturated rings. The summed E-state index contributed by atoms with van der Waals surface area (Å²) in [7, 11) is 0. The molecular formula is C24H25N5O2.